The van der Waals surface area contributed by atoms with Gasteiger partial charge >= 0.3 is 0 Å². The average molecular weight is 356 g/mol. The van der Waals surface area contributed by atoms with E-state index in [-0.39, 0.29) is 23.9 Å². The molecule has 7 nitrogen and oxygen atoms in total. The Hall–Kier alpha value is -2.80. The Morgan fingerprint density at radius 2 is 1.92 bits per heavy atom. The summed E-state index contributed by atoms with van der Waals surface area (Å²) >= 11 is 0. The molecule has 138 valence electrons. The van der Waals surface area contributed by atoms with E-state index in [2.05, 4.69) is 15.3 Å². The zero-order valence-electron chi connectivity index (χ0n) is 15.1. The van der Waals surface area contributed by atoms with Gasteiger partial charge in [0.25, 0.3) is 5.91 Å². The fourth-order valence-corrected chi connectivity index (χ4v) is 2.34. The van der Waals surface area contributed by atoms with Crippen LogP contribution >= 0.6 is 0 Å². The molecule has 1 N–H and O–H groups in total. The molecule has 0 atom stereocenters. The van der Waals surface area contributed by atoms with E-state index in [4.69, 9.17) is 4.74 Å². The van der Waals surface area contributed by atoms with Crippen molar-refractivity contribution in [3.8, 4) is 0 Å². The Balaban J connectivity index is 2.04. The van der Waals surface area contributed by atoms with Crippen LogP contribution in [0.25, 0.3) is 0 Å². The molecular formula is C19H24N4O3. The normalized spacial score (nSPS) is 10.4. The Bertz CT molecular complexity index is 704. The quantitative estimate of drug-likeness (QED) is 0.690. The largest absolute Gasteiger partial charge is 0.383 e. The molecule has 7 heteroatoms. The number of amides is 2. The number of rotatable bonds is 9. The molecule has 0 spiro atoms. The van der Waals surface area contributed by atoms with Crippen LogP contribution in [0.1, 0.15) is 28.2 Å². The molecule has 0 unspecified atom stereocenters. The number of nitrogens with zero attached hydrogens (tertiary/aromatic N) is 3. The number of nitrogens with one attached hydrogen (secondary N) is 1. The second kappa shape index (κ2) is 10.2. The number of hydrogen-bond donors (Lipinski definition) is 1. The molecule has 1 aromatic heterocycles. The number of aryl methyl sites for hydroxylation is 1. The van der Waals surface area contributed by atoms with E-state index in [1.165, 1.54) is 6.20 Å². The molecule has 0 radical (unpaired) electrons. The molecule has 0 aliphatic carbocycles. The van der Waals surface area contributed by atoms with Gasteiger partial charge in [-0.25, -0.2) is 4.98 Å². The summed E-state index contributed by atoms with van der Waals surface area (Å²) in [4.78, 5) is 34.7. The monoisotopic (exact) mass is 356 g/mol. The maximum absolute atomic E-state index is 12.8. The summed E-state index contributed by atoms with van der Waals surface area (Å²) in [6.45, 7) is 3.42. The van der Waals surface area contributed by atoms with Crippen molar-refractivity contribution in [2.24, 2.45) is 0 Å². The van der Waals surface area contributed by atoms with E-state index in [1.807, 2.05) is 37.3 Å². The van der Waals surface area contributed by atoms with Crippen LogP contribution in [0.3, 0.4) is 0 Å². The lowest BCUT2D eigenvalue weighted by molar-refractivity contribution is -0.121. The number of carbonyl (C=O) groups is 2. The van der Waals surface area contributed by atoms with Crippen molar-refractivity contribution in [3.05, 3.63) is 59.7 Å². The van der Waals surface area contributed by atoms with E-state index in [1.54, 1.807) is 18.2 Å². The lowest BCUT2D eigenvalue weighted by atomic mass is 10.2. The highest BCUT2D eigenvalue weighted by Crippen LogP contribution is 2.09. The summed E-state index contributed by atoms with van der Waals surface area (Å²) in [6, 6.07) is 9.64. The molecule has 2 amide bonds. The predicted molar refractivity (Wildman–Crippen MR) is 97.5 cm³/mol. The molecule has 0 saturated carbocycles. The maximum atomic E-state index is 12.8. The summed E-state index contributed by atoms with van der Waals surface area (Å²) < 4.78 is 4.91. The third kappa shape index (κ3) is 6.25. The Kier molecular flexibility index (Phi) is 7.70. The number of ether oxygens (including phenoxy) is 1. The van der Waals surface area contributed by atoms with E-state index in [9.17, 15) is 9.59 Å². The van der Waals surface area contributed by atoms with Crippen LogP contribution in [-0.4, -0.2) is 53.5 Å². The van der Waals surface area contributed by atoms with Gasteiger partial charge in [0, 0.05) is 39.4 Å². The fourth-order valence-electron chi connectivity index (χ4n) is 2.34. The van der Waals surface area contributed by atoms with Crippen LogP contribution in [-0.2, 0) is 16.1 Å². The first-order valence-corrected chi connectivity index (χ1v) is 8.47. The maximum Gasteiger partial charge on any atom is 0.274 e. The Labute approximate surface area is 153 Å². The van der Waals surface area contributed by atoms with Crippen molar-refractivity contribution < 1.29 is 14.3 Å². The lowest BCUT2D eigenvalue weighted by Crippen LogP contribution is -2.36. The molecule has 1 heterocycles. The minimum atomic E-state index is -0.244. The fraction of sp³-hybridized carbons (Fsp3) is 0.368. The Morgan fingerprint density at radius 1 is 1.15 bits per heavy atom. The molecule has 2 rings (SSSR count). The summed E-state index contributed by atoms with van der Waals surface area (Å²) in [5, 5.41) is 2.76. The van der Waals surface area contributed by atoms with Crippen molar-refractivity contribution in [1.82, 2.24) is 20.2 Å². The number of hydrogen-bond acceptors (Lipinski definition) is 5. The highest BCUT2D eigenvalue weighted by Gasteiger charge is 2.19. The summed E-state index contributed by atoms with van der Waals surface area (Å²) in [6.07, 6.45) is 3.24. The van der Waals surface area contributed by atoms with Crippen LogP contribution in [0, 0.1) is 6.92 Å². The number of aromatic nitrogens is 2. The van der Waals surface area contributed by atoms with E-state index in [0.717, 1.165) is 11.3 Å². The molecule has 1 aromatic carbocycles. The zero-order chi connectivity index (χ0) is 18.8. The summed E-state index contributed by atoms with van der Waals surface area (Å²) in [7, 11) is 1.58. The van der Waals surface area contributed by atoms with Gasteiger partial charge in [-0.05, 0) is 12.5 Å². The van der Waals surface area contributed by atoms with E-state index < -0.39 is 0 Å². The third-order valence-electron chi connectivity index (χ3n) is 3.74. The van der Waals surface area contributed by atoms with Crippen molar-refractivity contribution >= 4 is 11.8 Å². The van der Waals surface area contributed by atoms with Crippen molar-refractivity contribution in [3.63, 3.8) is 0 Å². The average Bonchev–Trinajstić information content (AvgIpc) is 2.66. The minimum Gasteiger partial charge on any atom is -0.383 e. The molecule has 0 aliphatic rings. The first kappa shape index (κ1) is 19.5. The van der Waals surface area contributed by atoms with Crippen LogP contribution in [0.2, 0.25) is 0 Å². The first-order valence-electron chi connectivity index (χ1n) is 8.47. The topological polar surface area (TPSA) is 84.4 Å². The zero-order valence-corrected chi connectivity index (χ0v) is 15.1. The highest BCUT2D eigenvalue weighted by atomic mass is 16.5. The van der Waals surface area contributed by atoms with Crippen LogP contribution < -0.4 is 5.32 Å². The standard InChI is InChI=1S/C19H24N4O3/c1-15-12-22-17(13-21-15)19(25)23(14-16-6-4-3-5-7-16)10-8-18(24)20-9-11-26-2/h3-7,12-13H,8-11,14H2,1-2H3,(H,20,24). The Morgan fingerprint density at radius 3 is 2.58 bits per heavy atom. The predicted octanol–water partition coefficient (Wildman–Crippen LogP) is 1.58. The lowest BCUT2D eigenvalue weighted by Gasteiger charge is -2.22. The smallest absolute Gasteiger partial charge is 0.274 e. The number of carbonyl (C=O) groups excluding carboxylic acids is 2. The van der Waals surface area contributed by atoms with Crippen molar-refractivity contribution in [1.29, 1.82) is 0 Å². The molecule has 0 saturated heterocycles. The number of benzene rings is 1. The second-order valence-electron chi connectivity index (χ2n) is 5.85. The number of methoxy groups -OCH3 is 1. The molecule has 0 fully saturated rings. The van der Waals surface area contributed by atoms with Gasteiger partial charge in [-0.15, -0.1) is 0 Å². The van der Waals surface area contributed by atoms with Crippen molar-refractivity contribution in [2.45, 2.75) is 19.9 Å². The van der Waals surface area contributed by atoms with Gasteiger partial charge in [-0.1, -0.05) is 30.3 Å². The first-order chi connectivity index (χ1) is 12.6. The second-order valence-corrected chi connectivity index (χ2v) is 5.85. The van der Waals surface area contributed by atoms with Gasteiger partial charge in [-0.2, -0.15) is 0 Å². The van der Waals surface area contributed by atoms with Crippen molar-refractivity contribution in [2.75, 3.05) is 26.8 Å². The third-order valence-corrected chi connectivity index (χ3v) is 3.74. The molecule has 0 aliphatic heterocycles. The minimum absolute atomic E-state index is 0.122. The summed E-state index contributed by atoms with van der Waals surface area (Å²) in [5.74, 6) is -0.367. The van der Waals surface area contributed by atoms with E-state index in [0.29, 0.717) is 26.2 Å². The van der Waals surface area contributed by atoms with Gasteiger partial charge in [-0.3, -0.25) is 14.6 Å². The molecule has 26 heavy (non-hydrogen) atoms. The SMILES string of the molecule is COCCNC(=O)CCN(Cc1ccccc1)C(=O)c1cnc(C)cn1. The molecular weight excluding hydrogens is 332 g/mol. The van der Waals surface area contributed by atoms with Crippen LogP contribution in [0.5, 0.6) is 0 Å². The van der Waals surface area contributed by atoms with Gasteiger partial charge in [0.1, 0.15) is 5.69 Å². The van der Waals surface area contributed by atoms with Gasteiger partial charge in [0.2, 0.25) is 5.91 Å². The van der Waals surface area contributed by atoms with Gasteiger partial charge < -0.3 is 15.0 Å². The molecule has 2 aromatic rings. The van der Waals surface area contributed by atoms with Gasteiger partial charge in [0.15, 0.2) is 0 Å². The highest BCUT2D eigenvalue weighted by molar-refractivity contribution is 5.92. The van der Waals surface area contributed by atoms with E-state index >= 15 is 0 Å². The van der Waals surface area contributed by atoms with Gasteiger partial charge in [0.05, 0.1) is 18.5 Å². The van der Waals surface area contributed by atoms with Crippen LogP contribution in [0.4, 0.5) is 0 Å². The summed E-state index contributed by atoms with van der Waals surface area (Å²) in [5.41, 5.74) is 2.00. The molecule has 0 bridgehead atoms. The van der Waals surface area contributed by atoms with Crippen LogP contribution in [0.15, 0.2) is 42.7 Å².